The molecular weight excluding hydrogens is 309 g/mol. The molecule has 1 aromatic carbocycles. The molecule has 2 rings (SSSR count). The van der Waals surface area contributed by atoms with Crippen LogP contribution < -0.4 is 5.32 Å². The number of aryl methyl sites for hydroxylation is 1. The fourth-order valence-electron chi connectivity index (χ4n) is 2.05. The van der Waals surface area contributed by atoms with Gasteiger partial charge in [-0.15, -0.1) is 0 Å². The van der Waals surface area contributed by atoms with Gasteiger partial charge < -0.3 is 5.32 Å². The molecule has 1 atom stereocenters. The summed E-state index contributed by atoms with van der Waals surface area (Å²) >= 11 is 3.39. The molecule has 3 nitrogen and oxygen atoms in total. The van der Waals surface area contributed by atoms with Gasteiger partial charge in [0.1, 0.15) is 5.82 Å². The molecule has 1 aromatic heterocycles. The number of aromatic nitrogens is 2. The predicted octanol–water partition coefficient (Wildman–Crippen LogP) is 3.50. The molecular formula is C14H17BrFN3. The van der Waals surface area contributed by atoms with E-state index >= 15 is 0 Å². The molecule has 1 N–H and O–H groups in total. The van der Waals surface area contributed by atoms with Crippen LogP contribution >= 0.6 is 15.9 Å². The number of rotatable bonds is 5. The zero-order valence-electron chi connectivity index (χ0n) is 11.0. The van der Waals surface area contributed by atoms with Crippen LogP contribution in [0.4, 0.5) is 4.39 Å². The highest BCUT2D eigenvalue weighted by Gasteiger charge is 2.18. The summed E-state index contributed by atoms with van der Waals surface area (Å²) in [7, 11) is 0. The third kappa shape index (κ3) is 3.22. The van der Waals surface area contributed by atoms with Gasteiger partial charge in [0.25, 0.3) is 0 Å². The van der Waals surface area contributed by atoms with E-state index in [2.05, 4.69) is 26.3 Å². The summed E-state index contributed by atoms with van der Waals surface area (Å²) in [5.74, 6) is -0.210. The van der Waals surface area contributed by atoms with Crippen LogP contribution in [0.25, 0.3) is 0 Å². The number of nitrogens with one attached hydrogen (secondary N) is 1. The van der Waals surface area contributed by atoms with Crippen molar-refractivity contribution in [1.29, 1.82) is 0 Å². The van der Waals surface area contributed by atoms with Gasteiger partial charge in [-0.3, -0.25) is 4.68 Å². The first kappa shape index (κ1) is 14.2. The highest BCUT2D eigenvalue weighted by Crippen LogP contribution is 2.26. The molecule has 1 heterocycles. The van der Waals surface area contributed by atoms with Crippen LogP contribution in [-0.2, 0) is 6.54 Å². The minimum Gasteiger partial charge on any atom is -0.306 e. The summed E-state index contributed by atoms with van der Waals surface area (Å²) in [6, 6.07) is 4.82. The molecule has 0 aliphatic rings. The first-order chi connectivity index (χ1) is 9.15. The van der Waals surface area contributed by atoms with Crippen LogP contribution in [0.15, 0.2) is 35.1 Å². The fraction of sp³-hybridized carbons (Fsp3) is 0.357. The molecule has 0 fully saturated rings. The smallest absolute Gasteiger partial charge is 0.128 e. The maximum absolute atomic E-state index is 14.0. The van der Waals surface area contributed by atoms with E-state index in [0.717, 1.165) is 23.1 Å². The van der Waals surface area contributed by atoms with Crippen LogP contribution in [-0.4, -0.2) is 16.3 Å². The van der Waals surface area contributed by atoms with Crippen molar-refractivity contribution in [3.63, 3.8) is 0 Å². The molecule has 0 saturated heterocycles. The lowest BCUT2D eigenvalue weighted by atomic mass is 10.0. The van der Waals surface area contributed by atoms with E-state index in [0.29, 0.717) is 5.56 Å². The molecule has 1 unspecified atom stereocenters. The summed E-state index contributed by atoms with van der Waals surface area (Å²) in [5.41, 5.74) is 1.60. The standard InChI is InChI=1S/C14H17BrFN3/c1-3-17-14(10-8-18-19(4-2)9-10)12-7-11(15)5-6-13(12)16/h5-9,14,17H,3-4H2,1-2H3. The van der Waals surface area contributed by atoms with Gasteiger partial charge in [0.15, 0.2) is 0 Å². The SMILES string of the molecule is CCNC(c1cnn(CC)c1)c1cc(Br)ccc1F. The largest absolute Gasteiger partial charge is 0.306 e. The summed E-state index contributed by atoms with van der Waals surface area (Å²) < 4.78 is 16.7. The molecule has 102 valence electrons. The van der Waals surface area contributed by atoms with Crippen molar-refractivity contribution in [1.82, 2.24) is 15.1 Å². The van der Waals surface area contributed by atoms with Gasteiger partial charge >= 0.3 is 0 Å². The van der Waals surface area contributed by atoms with Gasteiger partial charge in [0, 0.05) is 28.3 Å². The van der Waals surface area contributed by atoms with Crippen molar-refractivity contribution in [3.8, 4) is 0 Å². The van der Waals surface area contributed by atoms with Crippen LogP contribution in [0, 0.1) is 5.82 Å². The average Bonchev–Trinajstić information content (AvgIpc) is 2.88. The van der Waals surface area contributed by atoms with Gasteiger partial charge in [-0.25, -0.2) is 4.39 Å². The number of hydrogen-bond donors (Lipinski definition) is 1. The highest BCUT2D eigenvalue weighted by atomic mass is 79.9. The monoisotopic (exact) mass is 325 g/mol. The van der Waals surface area contributed by atoms with Crippen LogP contribution in [0.1, 0.15) is 31.0 Å². The number of nitrogens with zero attached hydrogens (tertiary/aromatic N) is 2. The molecule has 0 radical (unpaired) electrons. The Morgan fingerprint density at radius 3 is 2.84 bits per heavy atom. The zero-order valence-corrected chi connectivity index (χ0v) is 12.6. The van der Waals surface area contributed by atoms with Crippen molar-refractivity contribution in [3.05, 3.63) is 52.0 Å². The molecule has 19 heavy (non-hydrogen) atoms. The molecule has 0 spiro atoms. The number of hydrogen-bond acceptors (Lipinski definition) is 2. The zero-order chi connectivity index (χ0) is 13.8. The van der Waals surface area contributed by atoms with Crippen molar-refractivity contribution in [2.45, 2.75) is 26.4 Å². The second-order valence-corrected chi connectivity index (χ2v) is 5.20. The Morgan fingerprint density at radius 2 is 2.21 bits per heavy atom. The Balaban J connectivity index is 2.41. The van der Waals surface area contributed by atoms with Crippen molar-refractivity contribution < 1.29 is 4.39 Å². The van der Waals surface area contributed by atoms with E-state index in [1.807, 2.05) is 30.8 Å². The minimum absolute atomic E-state index is 0.178. The van der Waals surface area contributed by atoms with E-state index in [1.54, 1.807) is 12.3 Å². The Kier molecular flexibility index (Phi) is 4.71. The van der Waals surface area contributed by atoms with Crippen LogP contribution in [0.2, 0.25) is 0 Å². The first-order valence-electron chi connectivity index (χ1n) is 6.36. The Labute approximate surface area is 121 Å². The lowest BCUT2D eigenvalue weighted by molar-refractivity contribution is 0.558. The lowest BCUT2D eigenvalue weighted by Crippen LogP contribution is -2.22. The van der Waals surface area contributed by atoms with Crippen LogP contribution in [0.5, 0.6) is 0 Å². The van der Waals surface area contributed by atoms with E-state index < -0.39 is 0 Å². The summed E-state index contributed by atoms with van der Waals surface area (Å²) in [6.45, 7) is 5.60. The van der Waals surface area contributed by atoms with Crippen molar-refractivity contribution >= 4 is 15.9 Å². The number of benzene rings is 1. The summed E-state index contributed by atoms with van der Waals surface area (Å²) in [5, 5.41) is 7.56. The quantitative estimate of drug-likeness (QED) is 0.911. The Hall–Kier alpha value is -1.20. The average molecular weight is 326 g/mol. The fourth-order valence-corrected chi connectivity index (χ4v) is 2.43. The first-order valence-corrected chi connectivity index (χ1v) is 7.15. The molecule has 0 aliphatic heterocycles. The summed E-state index contributed by atoms with van der Waals surface area (Å²) in [6.07, 6.45) is 3.74. The van der Waals surface area contributed by atoms with Gasteiger partial charge in [-0.1, -0.05) is 22.9 Å². The Morgan fingerprint density at radius 1 is 1.42 bits per heavy atom. The Bertz CT molecular complexity index is 553. The molecule has 0 saturated carbocycles. The maximum Gasteiger partial charge on any atom is 0.128 e. The highest BCUT2D eigenvalue weighted by molar-refractivity contribution is 9.10. The molecule has 0 aliphatic carbocycles. The van der Waals surface area contributed by atoms with Gasteiger partial charge in [0.2, 0.25) is 0 Å². The van der Waals surface area contributed by atoms with Gasteiger partial charge in [-0.05, 0) is 31.7 Å². The maximum atomic E-state index is 14.0. The normalized spacial score (nSPS) is 12.6. The van der Waals surface area contributed by atoms with Gasteiger partial charge in [-0.2, -0.15) is 5.10 Å². The lowest BCUT2D eigenvalue weighted by Gasteiger charge is -2.18. The van der Waals surface area contributed by atoms with E-state index in [4.69, 9.17) is 0 Å². The predicted molar refractivity (Wildman–Crippen MR) is 77.5 cm³/mol. The molecule has 2 aromatic rings. The third-order valence-electron chi connectivity index (χ3n) is 2.99. The van der Waals surface area contributed by atoms with Gasteiger partial charge in [0.05, 0.1) is 12.2 Å². The van der Waals surface area contributed by atoms with Crippen molar-refractivity contribution in [2.24, 2.45) is 0 Å². The molecule has 5 heteroatoms. The molecule has 0 amide bonds. The third-order valence-corrected chi connectivity index (χ3v) is 3.48. The number of halogens is 2. The van der Waals surface area contributed by atoms with E-state index in [9.17, 15) is 4.39 Å². The molecule has 0 bridgehead atoms. The second kappa shape index (κ2) is 6.30. The topological polar surface area (TPSA) is 29.9 Å². The second-order valence-electron chi connectivity index (χ2n) is 4.29. The summed E-state index contributed by atoms with van der Waals surface area (Å²) in [4.78, 5) is 0. The van der Waals surface area contributed by atoms with Crippen molar-refractivity contribution in [2.75, 3.05) is 6.54 Å². The minimum atomic E-state index is -0.210. The van der Waals surface area contributed by atoms with Crippen LogP contribution in [0.3, 0.4) is 0 Å². The van der Waals surface area contributed by atoms with E-state index in [-0.39, 0.29) is 11.9 Å². The van der Waals surface area contributed by atoms with E-state index in [1.165, 1.54) is 6.07 Å².